The lowest BCUT2D eigenvalue weighted by molar-refractivity contribution is -0.138. The fourth-order valence-electron chi connectivity index (χ4n) is 3.95. The van der Waals surface area contributed by atoms with E-state index in [-0.39, 0.29) is 28.6 Å². The Morgan fingerprint density at radius 1 is 1.12 bits per heavy atom. The zero-order chi connectivity index (χ0) is 18.5. The van der Waals surface area contributed by atoms with Crippen molar-refractivity contribution in [1.82, 2.24) is 10.3 Å². The van der Waals surface area contributed by atoms with E-state index in [0.29, 0.717) is 31.3 Å². The molecule has 1 aromatic rings. The zero-order valence-electron chi connectivity index (χ0n) is 13.8. The van der Waals surface area contributed by atoms with Crippen molar-refractivity contribution in [1.29, 1.82) is 0 Å². The van der Waals surface area contributed by atoms with Crippen LogP contribution < -0.4 is 16.8 Å². The van der Waals surface area contributed by atoms with Crippen molar-refractivity contribution in [2.75, 3.05) is 0 Å². The van der Waals surface area contributed by atoms with E-state index in [2.05, 4.69) is 20.3 Å². The van der Waals surface area contributed by atoms with Gasteiger partial charge in [0, 0.05) is 24.4 Å². The molecule has 8 nitrogen and oxygen atoms in total. The average molecular weight is 368 g/mol. The number of rotatable bonds is 0. The number of aromatic nitrogens is 1. The molecular formula is C17H16N6O2S. The van der Waals surface area contributed by atoms with Crippen LogP contribution in [0.2, 0.25) is 0 Å². The first-order chi connectivity index (χ1) is 12.4. The summed E-state index contributed by atoms with van der Waals surface area (Å²) in [6, 6.07) is 1.82. The topological polar surface area (TPSA) is 136 Å². The molecule has 1 saturated heterocycles. The molecule has 0 aromatic carbocycles. The molecule has 1 spiro atoms. The minimum absolute atomic E-state index is 0.0909. The third-order valence-electron chi connectivity index (χ3n) is 5.18. The third kappa shape index (κ3) is 2.35. The van der Waals surface area contributed by atoms with Crippen molar-refractivity contribution in [3.63, 3.8) is 0 Å². The van der Waals surface area contributed by atoms with E-state index in [1.807, 2.05) is 6.07 Å². The van der Waals surface area contributed by atoms with Gasteiger partial charge in [0.15, 0.2) is 0 Å². The van der Waals surface area contributed by atoms with Crippen LogP contribution in [0, 0.1) is 0 Å². The number of hydrogen-bond acceptors (Lipinski definition) is 6. The average Bonchev–Trinajstić information content (AvgIpc) is 2.59. The van der Waals surface area contributed by atoms with Gasteiger partial charge in [-0.1, -0.05) is 0 Å². The first kappa shape index (κ1) is 16.5. The van der Waals surface area contributed by atoms with Crippen molar-refractivity contribution in [2.24, 2.45) is 21.5 Å². The van der Waals surface area contributed by atoms with Crippen LogP contribution in [0.15, 0.2) is 34.0 Å². The molecule has 0 bridgehead atoms. The second-order valence-electron chi connectivity index (χ2n) is 6.51. The Labute approximate surface area is 154 Å². The van der Waals surface area contributed by atoms with Gasteiger partial charge in [-0.15, -0.1) is 0 Å². The number of nitrogens with one attached hydrogen (secondary N) is 1. The maximum absolute atomic E-state index is 12.7. The van der Waals surface area contributed by atoms with Crippen LogP contribution in [0.1, 0.15) is 36.8 Å². The molecule has 0 radical (unpaired) electrons. The Bertz CT molecular complexity index is 940. The SMILES string of the molecule is NC1=NC(=S)N=C(N)C1=C1CCC2(CCC(=O)NC2=O)c2ccncc21. The van der Waals surface area contributed by atoms with Crippen LogP contribution in [-0.4, -0.2) is 33.6 Å². The molecule has 3 aliphatic rings. The van der Waals surface area contributed by atoms with Crippen molar-refractivity contribution in [3.05, 3.63) is 35.2 Å². The maximum atomic E-state index is 12.7. The van der Waals surface area contributed by atoms with E-state index in [9.17, 15) is 9.59 Å². The summed E-state index contributed by atoms with van der Waals surface area (Å²) in [6.07, 6.45) is 5.18. The lowest BCUT2D eigenvalue weighted by Gasteiger charge is -2.41. The predicted molar refractivity (Wildman–Crippen MR) is 100 cm³/mol. The molecule has 1 aliphatic carbocycles. The largest absolute Gasteiger partial charge is 0.383 e. The van der Waals surface area contributed by atoms with E-state index < -0.39 is 5.41 Å². The van der Waals surface area contributed by atoms with Crippen LogP contribution in [0.5, 0.6) is 0 Å². The number of amides is 2. The number of fused-ring (bicyclic) bond motifs is 2. The first-order valence-corrected chi connectivity index (χ1v) is 8.58. The van der Waals surface area contributed by atoms with Crippen LogP contribution in [0.4, 0.5) is 0 Å². The van der Waals surface area contributed by atoms with Gasteiger partial charge in [-0.25, -0.2) is 9.98 Å². The fourth-order valence-corrected chi connectivity index (χ4v) is 4.14. The van der Waals surface area contributed by atoms with E-state index >= 15 is 0 Å². The van der Waals surface area contributed by atoms with Crippen LogP contribution in [0.25, 0.3) is 5.57 Å². The quantitative estimate of drug-likeness (QED) is 0.446. The molecule has 132 valence electrons. The number of hydrogen-bond donors (Lipinski definition) is 3. The summed E-state index contributed by atoms with van der Waals surface area (Å²) in [5.74, 6) is -0.0784. The number of piperidine rings is 1. The Hall–Kier alpha value is -2.94. The second-order valence-corrected chi connectivity index (χ2v) is 6.88. The number of allylic oxidation sites excluding steroid dienone is 1. The van der Waals surface area contributed by atoms with Gasteiger partial charge in [-0.2, -0.15) is 0 Å². The molecule has 0 saturated carbocycles. The molecule has 1 fully saturated rings. The number of thiocarbonyl (C=S) groups is 1. The molecule has 2 amide bonds. The highest BCUT2D eigenvalue weighted by atomic mass is 32.1. The van der Waals surface area contributed by atoms with Crippen molar-refractivity contribution < 1.29 is 9.59 Å². The molecule has 3 heterocycles. The normalized spacial score (nSPS) is 25.6. The highest BCUT2D eigenvalue weighted by molar-refractivity contribution is 7.80. The molecular weight excluding hydrogens is 352 g/mol. The van der Waals surface area contributed by atoms with Crippen LogP contribution in [0.3, 0.4) is 0 Å². The van der Waals surface area contributed by atoms with Gasteiger partial charge >= 0.3 is 0 Å². The number of nitrogens with two attached hydrogens (primary N) is 2. The summed E-state index contributed by atoms with van der Waals surface area (Å²) in [5, 5.41) is 2.56. The Kier molecular flexibility index (Phi) is 3.69. The minimum atomic E-state index is -0.752. The van der Waals surface area contributed by atoms with E-state index in [1.165, 1.54) is 0 Å². The molecule has 1 atom stereocenters. The van der Waals surface area contributed by atoms with E-state index in [4.69, 9.17) is 23.7 Å². The standard InChI is InChI=1S/C17H16N6O2S/c18-13-12(14(19)23-16(26)22-13)8-1-4-17(5-2-11(24)21-15(17)25)10-3-6-20-7-9(8)10/h3,6-7H,1-2,4-5H2,(H,21,24,25)(H4,18,19,22,23,26). The second kappa shape index (κ2) is 5.80. The van der Waals surface area contributed by atoms with Crippen LogP contribution in [-0.2, 0) is 15.0 Å². The lowest BCUT2D eigenvalue weighted by Crippen LogP contribution is -2.53. The molecule has 5 N–H and O–H groups in total. The molecule has 2 aliphatic heterocycles. The summed E-state index contributed by atoms with van der Waals surface area (Å²) in [4.78, 5) is 36.6. The summed E-state index contributed by atoms with van der Waals surface area (Å²) < 4.78 is 0. The highest BCUT2D eigenvalue weighted by Crippen LogP contribution is 2.47. The Morgan fingerprint density at radius 2 is 1.81 bits per heavy atom. The van der Waals surface area contributed by atoms with Crippen molar-refractivity contribution in [2.45, 2.75) is 31.1 Å². The molecule has 9 heteroatoms. The maximum Gasteiger partial charge on any atom is 0.237 e. The Balaban J connectivity index is 1.91. The summed E-state index contributed by atoms with van der Waals surface area (Å²) >= 11 is 4.96. The van der Waals surface area contributed by atoms with Crippen molar-refractivity contribution >= 4 is 46.4 Å². The van der Waals surface area contributed by atoms with Gasteiger partial charge in [-0.3, -0.25) is 19.9 Å². The van der Waals surface area contributed by atoms with E-state index in [0.717, 1.165) is 16.7 Å². The Morgan fingerprint density at radius 3 is 2.50 bits per heavy atom. The van der Waals surface area contributed by atoms with Gasteiger partial charge in [0.1, 0.15) is 11.7 Å². The summed E-state index contributed by atoms with van der Waals surface area (Å²) in [5.41, 5.74) is 14.4. The summed E-state index contributed by atoms with van der Waals surface area (Å²) in [7, 11) is 0. The van der Waals surface area contributed by atoms with Crippen LogP contribution >= 0.6 is 12.2 Å². The number of carbonyl (C=O) groups is 2. The number of nitrogens with zero attached hydrogens (tertiary/aromatic N) is 3. The first-order valence-electron chi connectivity index (χ1n) is 8.18. The van der Waals surface area contributed by atoms with Gasteiger partial charge in [0.05, 0.1) is 11.0 Å². The van der Waals surface area contributed by atoms with Crippen molar-refractivity contribution in [3.8, 4) is 0 Å². The number of imide groups is 1. The minimum Gasteiger partial charge on any atom is -0.383 e. The number of amidine groups is 2. The molecule has 26 heavy (non-hydrogen) atoms. The molecule has 4 rings (SSSR count). The summed E-state index contributed by atoms with van der Waals surface area (Å²) in [6.45, 7) is 0. The number of carbonyl (C=O) groups excluding carboxylic acids is 2. The van der Waals surface area contributed by atoms with Gasteiger partial charge in [0.2, 0.25) is 16.9 Å². The van der Waals surface area contributed by atoms with Gasteiger partial charge in [-0.05, 0) is 48.7 Å². The smallest absolute Gasteiger partial charge is 0.237 e. The molecule has 1 aromatic heterocycles. The fraction of sp³-hybridized carbons (Fsp3) is 0.294. The predicted octanol–water partition coefficient (Wildman–Crippen LogP) is 0.316. The third-order valence-corrected chi connectivity index (χ3v) is 5.36. The number of aliphatic imine (C=N–C) groups is 2. The lowest BCUT2D eigenvalue weighted by atomic mass is 9.64. The highest BCUT2D eigenvalue weighted by Gasteiger charge is 2.48. The van der Waals surface area contributed by atoms with Gasteiger partial charge < -0.3 is 11.5 Å². The molecule has 1 unspecified atom stereocenters. The van der Waals surface area contributed by atoms with E-state index in [1.54, 1.807) is 12.4 Å². The number of pyridine rings is 1. The zero-order valence-corrected chi connectivity index (χ0v) is 14.6. The van der Waals surface area contributed by atoms with Gasteiger partial charge in [0.25, 0.3) is 0 Å². The monoisotopic (exact) mass is 368 g/mol.